The molecule has 1 saturated heterocycles. The van der Waals surface area contributed by atoms with Crippen molar-refractivity contribution in [1.29, 1.82) is 0 Å². The second-order valence-corrected chi connectivity index (χ2v) is 5.73. The van der Waals surface area contributed by atoms with Crippen LogP contribution in [-0.4, -0.2) is 37.5 Å². The van der Waals surface area contributed by atoms with Crippen LogP contribution in [0.25, 0.3) is 0 Å². The van der Waals surface area contributed by atoms with Crippen molar-refractivity contribution < 1.29 is 4.79 Å². The zero-order valence-corrected chi connectivity index (χ0v) is 12.5. The molecule has 1 aromatic rings. The summed E-state index contributed by atoms with van der Waals surface area (Å²) in [5, 5.41) is 5.70. The van der Waals surface area contributed by atoms with Crippen LogP contribution in [0.3, 0.4) is 0 Å². The highest BCUT2D eigenvalue weighted by molar-refractivity contribution is 5.92. The number of rotatable bonds is 5. The number of amides is 1. The van der Waals surface area contributed by atoms with Crippen molar-refractivity contribution in [1.82, 2.24) is 10.2 Å². The molecule has 20 heavy (non-hydrogen) atoms. The normalized spacial score (nSPS) is 17.1. The first-order valence-corrected chi connectivity index (χ1v) is 7.43. The molecule has 1 heterocycles. The van der Waals surface area contributed by atoms with Crippen LogP contribution in [0.4, 0.5) is 5.69 Å². The van der Waals surface area contributed by atoms with Gasteiger partial charge < -0.3 is 10.6 Å². The Morgan fingerprint density at radius 1 is 1.25 bits per heavy atom. The number of likely N-dealkylation sites (N-methyl/N-ethyl adjacent to an activating group) is 1. The molecule has 0 aromatic heterocycles. The summed E-state index contributed by atoms with van der Waals surface area (Å²) in [6, 6.07) is 8.17. The molecule has 0 spiro atoms. The zero-order chi connectivity index (χ0) is 14.4. The minimum atomic E-state index is -0.00901. The second kappa shape index (κ2) is 7.41. The van der Waals surface area contributed by atoms with Crippen LogP contribution >= 0.6 is 0 Å². The average molecular weight is 275 g/mol. The van der Waals surface area contributed by atoms with Crippen LogP contribution in [0.1, 0.15) is 25.3 Å². The first-order valence-electron chi connectivity index (χ1n) is 7.43. The van der Waals surface area contributed by atoms with Crippen molar-refractivity contribution in [2.75, 3.05) is 32.0 Å². The number of carbonyl (C=O) groups excluding carboxylic acids is 1. The monoisotopic (exact) mass is 275 g/mol. The number of hydrogen-bond acceptors (Lipinski definition) is 3. The maximum Gasteiger partial charge on any atom is 0.238 e. The number of piperidine rings is 1. The molecule has 110 valence electrons. The first kappa shape index (κ1) is 15.0. The molecule has 0 radical (unpaired) electrons. The molecule has 1 amide bonds. The highest BCUT2D eigenvalue weighted by atomic mass is 16.1. The van der Waals surface area contributed by atoms with Gasteiger partial charge in [0.25, 0.3) is 0 Å². The summed E-state index contributed by atoms with van der Waals surface area (Å²) in [6.07, 6.45) is 2.61. The van der Waals surface area contributed by atoms with Gasteiger partial charge in [-0.25, -0.2) is 0 Å². The molecule has 0 saturated carbocycles. The van der Waals surface area contributed by atoms with E-state index in [1.54, 1.807) is 7.05 Å². The highest BCUT2D eigenvalue weighted by Crippen LogP contribution is 2.18. The third kappa shape index (κ3) is 4.62. The van der Waals surface area contributed by atoms with Gasteiger partial charge in [-0.2, -0.15) is 0 Å². The van der Waals surface area contributed by atoms with E-state index >= 15 is 0 Å². The van der Waals surface area contributed by atoms with Gasteiger partial charge in [-0.1, -0.05) is 19.1 Å². The van der Waals surface area contributed by atoms with E-state index in [1.165, 1.54) is 31.5 Å². The topological polar surface area (TPSA) is 44.4 Å². The Balaban J connectivity index is 1.83. The number of likely N-dealkylation sites (tertiary alicyclic amines) is 1. The van der Waals surface area contributed by atoms with Gasteiger partial charge in [0.05, 0.1) is 6.54 Å². The molecular weight excluding hydrogens is 250 g/mol. The summed E-state index contributed by atoms with van der Waals surface area (Å²) < 4.78 is 0. The minimum Gasteiger partial charge on any atom is -0.325 e. The van der Waals surface area contributed by atoms with E-state index in [-0.39, 0.29) is 5.91 Å². The van der Waals surface area contributed by atoms with Gasteiger partial charge in [0.15, 0.2) is 0 Å². The lowest BCUT2D eigenvalue weighted by Gasteiger charge is -2.30. The van der Waals surface area contributed by atoms with E-state index in [1.807, 2.05) is 12.1 Å². The van der Waals surface area contributed by atoms with Crippen molar-refractivity contribution in [2.24, 2.45) is 5.92 Å². The molecule has 1 aromatic carbocycles. The number of carbonyl (C=O) groups is 1. The second-order valence-electron chi connectivity index (χ2n) is 5.73. The fourth-order valence-electron chi connectivity index (χ4n) is 2.54. The summed E-state index contributed by atoms with van der Waals surface area (Å²) in [6.45, 7) is 6.08. The van der Waals surface area contributed by atoms with Crippen LogP contribution in [0.2, 0.25) is 0 Å². The van der Waals surface area contributed by atoms with Crippen LogP contribution in [0, 0.1) is 5.92 Å². The fourth-order valence-corrected chi connectivity index (χ4v) is 2.54. The summed E-state index contributed by atoms with van der Waals surface area (Å²) >= 11 is 0. The standard InChI is InChI=1S/C16H25N3O/c1-13-7-9-19(10-8-13)12-14-3-5-15(6-4-14)18-16(20)11-17-2/h3-6,13,17H,7-12H2,1-2H3,(H,18,20). The van der Waals surface area contributed by atoms with Crippen molar-refractivity contribution >= 4 is 11.6 Å². The van der Waals surface area contributed by atoms with Gasteiger partial charge in [-0.3, -0.25) is 9.69 Å². The maximum absolute atomic E-state index is 11.5. The third-order valence-corrected chi connectivity index (χ3v) is 3.86. The van der Waals surface area contributed by atoms with Crippen LogP contribution < -0.4 is 10.6 Å². The Bertz CT molecular complexity index is 422. The molecule has 0 aliphatic carbocycles. The number of nitrogens with zero attached hydrogens (tertiary/aromatic N) is 1. The molecule has 4 heteroatoms. The van der Waals surface area contributed by atoms with E-state index in [2.05, 4.69) is 34.6 Å². The predicted octanol–water partition coefficient (Wildman–Crippen LogP) is 2.08. The van der Waals surface area contributed by atoms with Crippen molar-refractivity contribution in [3.05, 3.63) is 29.8 Å². The van der Waals surface area contributed by atoms with Crippen LogP contribution in [0.5, 0.6) is 0 Å². The number of hydrogen-bond donors (Lipinski definition) is 2. The molecule has 0 unspecified atom stereocenters. The number of nitrogens with one attached hydrogen (secondary N) is 2. The van der Waals surface area contributed by atoms with E-state index in [4.69, 9.17) is 0 Å². The lowest BCUT2D eigenvalue weighted by Crippen LogP contribution is -2.32. The quantitative estimate of drug-likeness (QED) is 0.864. The molecular formula is C16H25N3O. The smallest absolute Gasteiger partial charge is 0.238 e. The van der Waals surface area contributed by atoms with Crippen molar-refractivity contribution in [2.45, 2.75) is 26.3 Å². The Hall–Kier alpha value is -1.39. The van der Waals surface area contributed by atoms with Crippen LogP contribution in [0.15, 0.2) is 24.3 Å². The van der Waals surface area contributed by atoms with Gasteiger partial charge in [0.1, 0.15) is 0 Å². The Morgan fingerprint density at radius 2 is 1.90 bits per heavy atom. The van der Waals surface area contributed by atoms with Crippen LogP contribution in [-0.2, 0) is 11.3 Å². The first-order chi connectivity index (χ1) is 9.67. The van der Waals surface area contributed by atoms with Crippen molar-refractivity contribution in [3.63, 3.8) is 0 Å². The summed E-state index contributed by atoms with van der Waals surface area (Å²) in [4.78, 5) is 14.0. The molecule has 2 N–H and O–H groups in total. The van der Waals surface area contributed by atoms with E-state index in [0.29, 0.717) is 6.54 Å². The Morgan fingerprint density at radius 3 is 2.50 bits per heavy atom. The Kier molecular flexibility index (Phi) is 5.56. The lowest BCUT2D eigenvalue weighted by atomic mass is 9.99. The van der Waals surface area contributed by atoms with Crippen molar-refractivity contribution in [3.8, 4) is 0 Å². The Labute approximate surface area is 121 Å². The molecule has 2 rings (SSSR count). The molecule has 0 bridgehead atoms. The van der Waals surface area contributed by atoms with Gasteiger partial charge in [0.2, 0.25) is 5.91 Å². The van der Waals surface area contributed by atoms with Gasteiger partial charge in [0, 0.05) is 12.2 Å². The van der Waals surface area contributed by atoms with Gasteiger partial charge in [-0.15, -0.1) is 0 Å². The van der Waals surface area contributed by atoms with E-state index in [0.717, 1.165) is 18.2 Å². The zero-order valence-electron chi connectivity index (χ0n) is 12.5. The van der Waals surface area contributed by atoms with Gasteiger partial charge in [-0.05, 0) is 56.6 Å². The van der Waals surface area contributed by atoms with E-state index < -0.39 is 0 Å². The molecule has 4 nitrogen and oxygen atoms in total. The fraction of sp³-hybridized carbons (Fsp3) is 0.562. The SMILES string of the molecule is CNCC(=O)Nc1ccc(CN2CCC(C)CC2)cc1. The summed E-state index contributed by atoms with van der Waals surface area (Å²) in [5.41, 5.74) is 2.17. The molecule has 0 atom stereocenters. The minimum absolute atomic E-state index is 0.00901. The largest absolute Gasteiger partial charge is 0.325 e. The number of benzene rings is 1. The van der Waals surface area contributed by atoms with Gasteiger partial charge >= 0.3 is 0 Å². The molecule has 1 aliphatic rings. The third-order valence-electron chi connectivity index (χ3n) is 3.86. The maximum atomic E-state index is 11.5. The molecule has 1 aliphatic heterocycles. The summed E-state index contributed by atoms with van der Waals surface area (Å²) in [5.74, 6) is 0.862. The number of anilines is 1. The van der Waals surface area contributed by atoms with E-state index in [9.17, 15) is 4.79 Å². The molecule has 1 fully saturated rings. The average Bonchev–Trinajstić information content (AvgIpc) is 2.44. The lowest BCUT2D eigenvalue weighted by molar-refractivity contribution is -0.115. The predicted molar refractivity (Wildman–Crippen MR) is 82.7 cm³/mol. The highest BCUT2D eigenvalue weighted by Gasteiger charge is 2.15. The summed E-state index contributed by atoms with van der Waals surface area (Å²) in [7, 11) is 1.77.